The Bertz CT molecular complexity index is 276. The number of carboxylic acids is 1. The van der Waals surface area contributed by atoms with Crippen molar-refractivity contribution in [3.63, 3.8) is 0 Å². The van der Waals surface area contributed by atoms with Crippen LogP contribution in [-0.2, 0) is 14.3 Å². The molecule has 18 heavy (non-hydrogen) atoms. The van der Waals surface area contributed by atoms with Crippen LogP contribution in [0.1, 0.15) is 38.5 Å². The molecule has 0 unspecified atom stereocenters. The fourth-order valence-corrected chi connectivity index (χ4v) is 1.60. The highest BCUT2D eigenvalue weighted by molar-refractivity contribution is 5.75. The Hall–Kier alpha value is -1.10. The highest BCUT2D eigenvalue weighted by atomic mass is 16.5. The molecule has 0 aromatic rings. The minimum Gasteiger partial charge on any atom is -0.481 e. The number of rotatable bonds is 10. The molecule has 0 spiro atoms. The number of carbonyl (C=O) groups excluding carboxylic acids is 1. The van der Waals surface area contributed by atoms with Gasteiger partial charge in [0, 0.05) is 33.0 Å². The van der Waals surface area contributed by atoms with Gasteiger partial charge < -0.3 is 14.7 Å². The lowest BCUT2D eigenvalue weighted by atomic mass is 10.2. The molecular weight excluding hydrogens is 234 g/mol. The fraction of sp³-hybridized carbons (Fsp3) is 0.846. The van der Waals surface area contributed by atoms with Crippen molar-refractivity contribution in [1.29, 1.82) is 0 Å². The number of hydrogen-bond donors (Lipinski definition) is 1. The highest BCUT2D eigenvalue weighted by Gasteiger charge is 2.21. The molecule has 5 nitrogen and oxygen atoms in total. The number of unbranched alkanes of at least 4 members (excludes halogenated alkanes) is 1. The number of likely N-dealkylation sites (N-methyl/N-ethyl adjacent to an activating group) is 1. The van der Waals surface area contributed by atoms with Gasteiger partial charge in [-0.1, -0.05) is 0 Å². The second kappa shape index (κ2) is 8.08. The van der Waals surface area contributed by atoms with Gasteiger partial charge in [-0.3, -0.25) is 9.59 Å². The second-order valence-electron chi connectivity index (χ2n) is 4.93. The van der Waals surface area contributed by atoms with E-state index in [-0.39, 0.29) is 12.3 Å². The first-order chi connectivity index (χ1) is 8.59. The summed E-state index contributed by atoms with van der Waals surface area (Å²) in [6.07, 6.45) is 4.32. The molecule has 5 heteroatoms. The van der Waals surface area contributed by atoms with Crippen LogP contribution in [0.25, 0.3) is 0 Å². The molecule has 104 valence electrons. The smallest absolute Gasteiger partial charge is 0.303 e. The van der Waals surface area contributed by atoms with Crippen LogP contribution >= 0.6 is 0 Å². The maximum Gasteiger partial charge on any atom is 0.303 e. The Morgan fingerprint density at radius 3 is 2.56 bits per heavy atom. The third-order valence-corrected chi connectivity index (χ3v) is 3.08. The second-order valence-corrected chi connectivity index (χ2v) is 4.93. The van der Waals surface area contributed by atoms with Crippen LogP contribution in [0.2, 0.25) is 0 Å². The lowest BCUT2D eigenvalue weighted by Crippen LogP contribution is -2.30. The molecule has 1 fully saturated rings. The van der Waals surface area contributed by atoms with E-state index < -0.39 is 5.97 Å². The summed E-state index contributed by atoms with van der Waals surface area (Å²) in [4.78, 5) is 23.6. The van der Waals surface area contributed by atoms with Gasteiger partial charge in [0.25, 0.3) is 0 Å². The number of ether oxygens (including phenoxy) is 1. The standard InChI is InChI=1S/C13H23NO4/c1-14(8-9-18-10-11-6-7-11)12(15)4-2-3-5-13(16)17/h11H,2-10H2,1H3,(H,16,17). The molecule has 0 saturated heterocycles. The van der Waals surface area contributed by atoms with E-state index >= 15 is 0 Å². The van der Waals surface area contributed by atoms with Gasteiger partial charge in [0.2, 0.25) is 5.91 Å². The molecule has 1 N–H and O–H groups in total. The zero-order valence-electron chi connectivity index (χ0n) is 11.1. The van der Waals surface area contributed by atoms with Crippen LogP contribution in [0, 0.1) is 5.92 Å². The largest absolute Gasteiger partial charge is 0.481 e. The first kappa shape index (κ1) is 15.0. The van der Waals surface area contributed by atoms with E-state index in [4.69, 9.17) is 9.84 Å². The summed E-state index contributed by atoms with van der Waals surface area (Å²) in [7, 11) is 1.76. The van der Waals surface area contributed by atoms with E-state index in [1.807, 2.05) is 0 Å². The van der Waals surface area contributed by atoms with Crippen molar-refractivity contribution in [2.45, 2.75) is 38.5 Å². The summed E-state index contributed by atoms with van der Waals surface area (Å²) in [6.45, 7) is 2.03. The molecule has 0 aromatic carbocycles. The lowest BCUT2D eigenvalue weighted by Gasteiger charge is -2.17. The summed E-state index contributed by atoms with van der Waals surface area (Å²) in [5.74, 6) is 0.0155. The molecule has 1 rings (SSSR count). The quantitative estimate of drug-likeness (QED) is 0.602. The van der Waals surface area contributed by atoms with Gasteiger partial charge in [-0.05, 0) is 31.6 Å². The number of hydrogen-bond acceptors (Lipinski definition) is 3. The van der Waals surface area contributed by atoms with E-state index in [0.717, 1.165) is 12.5 Å². The third-order valence-electron chi connectivity index (χ3n) is 3.08. The molecule has 0 atom stereocenters. The van der Waals surface area contributed by atoms with Crippen molar-refractivity contribution in [1.82, 2.24) is 4.90 Å². The van der Waals surface area contributed by atoms with Crippen molar-refractivity contribution in [2.75, 3.05) is 26.8 Å². The monoisotopic (exact) mass is 257 g/mol. The number of aliphatic carboxylic acids is 1. The molecule has 0 radical (unpaired) electrons. The van der Waals surface area contributed by atoms with Crippen molar-refractivity contribution in [3.05, 3.63) is 0 Å². The Morgan fingerprint density at radius 2 is 1.94 bits per heavy atom. The van der Waals surface area contributed by atoms with E-state index in [1.54, 1.807) is 11.9 Å². The van der Waals surface area contributed by atoms with Crippen LogP contribution in [0.15, 0.2) is 0 Å². The van der Waals surface area contributed by atoms with Gasteiger partial charge in [-0.25, -0.2) is 0 Å². The van der Waals surface area contributed by atoms with Crippen LogP contribution in [0.3, 0.4) is 0 Å². The van der Waals surface area contributed by atoms with E-state index in [2.05, 4.69) is 0 Å². The lowest BCUT2D eigenvalue weighted by molar-refractivity contribution is -0.137. The SMILES string of the molecule is CN(CCOCC1CC1)C(=O)CCCCC(=O)O. The maximum atomic E-state index is 11.7. The first-order valence-corrected chi connectivity index (χ1v) is 6.63. The molecule has 1 aliphatic rings. The van der Waals surface area contributed by atoms with Gasteiger partial charge in [0.05, 0.1) is 6.61 Å². The molecule has 1 saturated carbocycles. The van der Waals surface area contributed by atoms with Crippen molar-refractivity contribution in [2.24, 2.45) is 5.92 Å². The predicted molar refractivity (Wildman–Crippen MR) is 67.3 cm³/mol. The predicted octanol–water partition coefficient (Wildman–Crippen LogP) is 1.52. The number of nitrogens with zero attached hydrogens (tertiary/aromatic N) is 1. The molecule has 0 aliphatic heterocycles. The molecule has 0 aromatic heterocycles. The number of carbonyl (C=O) groups is 2. The number of amides is 1. The van der Waals surface area contributed by atoms with Crippen molar-refractivity contribution < 1.29 is 19.4 Å². The van der Waals surface area contributed by atoms with E-state index in [0.29, 0.717) is 32.4 Å². The normalized spacial score (nSPS) is 14.5. The maximum absolute atomic E-state index is 11.7. The summed E-state index contributed by atoms with van der Waals surface area (Å²) < 4.78 is 5.46. The van der Waals surface area contributed by atoms with E-state index in [1.165, 1.54) is 12.8 Å². The minimum atomic E-state index is -0.802. The first-order valence-electron chi connectivity index (χ1n) is 6.63. The Labute approximate surface area is 108 Å². The van der Waals surface area contributed by atoms with Gasteiger partial charge in [-0.15, -0.1) is 0 Å². The average Bonchev–Trinajstić information content (AvgIpc) is 3.13. The van der Waals surface area contributed by atoms with Gasteiger partial charge in [-0.2, -0.15) is 0 Å². The fourth-order valence-electron chi connectivity index (χ4n) is 1.60. The topological polar surface area (TPSA) is 66.8 Å². The van der Waals surface area contributed by atoms with Gasteiger partial charge in [0.1, 0.15) is 0 Å². The zero-order valence-corrected chi connectivity index (χ0v) is 11.1. The van der Waals surface area contributed by atoms with Crippen molar-refractivity contribution in [3.8, 4) is 0 Å². The van der Waals surface area contributed by atoms with Gasteiger partial charge >= 0.3 is 5.97 Å². The van der Waals surface area contributed by atoms with Crippen molar-refractivity contribution >= 4 is 11.9 Å². The van der Waals surface area contributed by atoms with Crippen LogP contribution in [-0.4, -0.2) is 48.7 Å². The molecule has 0 bridgehead atoms. The molecule has 1 aliphatic carbocycles. The van der Waals surface area contributed by atoms with Crippen LogP contribution in [0.4, 0.5) is 0 Å². The zero-order chi connectivity index (χ0) is 13.4. The summed E-state index contributed by atoms with van der Waals surface area (Å²) >= 11 is 0. The molecular formula is C13H23NO4. The van der Waals surface area contributed by atoms with Crippen LogP contribution in [0.5, 0.6) is 0 Å². The number of carboxylic acid groups (broad SMARTS) is 1. The Kier molecular flexibility index (Phi) is 6.72. The van der Waals surface area contributed by atoms with Crippen LogP contribution < -0.4 is 0 Å². The summed E-state index contributed by atoms with van der Waals surface area (Å²) in [6, 6.07) is 0. The summed E-state index contributed by atoms with van der Waals surface area (Å²) in [5, 5.41) is 8.47. The summed E-state index contributed by atoms with van der Waals surface area (Å²) in [5.41, 5.74) is 0. The van der Waals surface area contributed by atoms with E-state index in [9.17, 15) is 9.59 Å². The minimum absolute atomic E-state index is 0.0652. The Morgan fingerprint density at radius 1 is 1.28 bits per heavy atom. The highest BCUT2D eigenvalue weighted by Crippen LogP contribution is 2.28. The molecule has 0 heterocycles. The third kappa shape index (κ3) is 7.27. The average molecular weight is 257 g/mol. The van der Waals surface area contributed by atoms with Gasteiger partial charge in [0.15, 0.2) is 0 Å². The Balaban J connectivity index is 1.95. The molecule has 1 amide bonds.